The molecule has 0 bridgehead atoms. The van der Waals surface area contributed by atoms with E-state index >= 15 is 0 Å². The average molecular weight is 257 g/mol. The Hall–Kier alpha value is -0.810. The molecule has 1 aliphatic rings. The fourth-order valence-electron chi connectivity index (χ4n) is 2.27. The first kappa shape index (κ1) is 15.2. The minimum absolute atomic E-state index is 0.121. The summed E-state index contributed by atoms with van der Waals surface area (Å²) in [7, 11) is 3.60. The van der Waals surface area contributed by atoms with Gasteiger partial charge in [-0.2, -0.15) is 0 Å². The lowest BCUT2D eigenvalue weighted by Gasteiger charge is -2.35. The van der Waals surface area contributed by atoms with Crippen LogP contribution in [0.25, 0.3) is 0 Å². The second kappa shape index (κ2) is 7.59. The van der Waals surface area contributed by atoms with Gasteiger partial charge in [-0.15, -0.1) is 0 Å². The van der Waals surface area contributed by atoms with Crippen molar-refractivity contribution in [1.29, 1.82) is 0 Å². The quantitative estimate of drug-likeness (QED) is 0.803. The number of hydrogen-bond donors (Lipinski definition) is 1. The summed E-state index contributed by atoms with van der Waals surface area (Å²) in [5.74, 6) is 0. The fraction of sp³-hybridized carbons (Fsp3) is 0.923. The van der Waals surface area contributed by atoms with Gasteiger partial charge in [0, 0.05) is 45.9 Å². The van der Waals surface area contributed by atoms with Crippen molar-refractivity contribution in [2.45, 2.75) is 38.8 Å². The summed E-state index contributed by atoms with van der Waals surface area (Å²) in [5.41, 5.74) is 0. The molecule has 2 amide bonds. The molecule has 1 unspecified atom stereocenters. The van der Waals surface area contributed by atoms with Crippen molar-refractivity contribution in [2.75, 3.05) is 40.4 Å². The molecule has 1 atom stereocenters. The van der Waals surface area contributed by atoms with Crippen molar-refractivity contribution in [3.63, 3.8) is 0 Å². The van der Waals surface area contributed by atoms with E-state index in [9.17, 15) is 4.79 Å². The highest BCUT2D eigenvalue weighted by Crippen LogP contribution is 2.12. The van der Waals surface area contributed by atoms with Crippen molar-refractivity contribution >= 4 is 6.03 Å². The van der Waals surface area contributed by atoms with E-state index < -0.39 is 0 Å². The second-order valence-electron chi connectivity index (χ2n) is 5.17. The molecule has 1 fully saturated rings. The van der Waals surface area contributed by atoms with E-state index in [4.69, 9.17) is 4.74 Å². The molecule has 106 valence electrons. The maximum Gasteiger partial charge on any atom is 0.319 e. The van der Waals surface area contributed by atoms with Crippen molar-refractivity contribution in [2.24, 2.45) is 0 Å². The van der Waals surface area contributed by atoms with Gasteiger partial charge >= 0.3 is 6.03 Å². The van der Waals surface area contributed by atoms with Crippen molar-refractivity contribution < 1.29 is 9.53 Å². The van der Waals surface area contributed by atoms with Crippen LogP contribution in [0.2, 0.25) is 0 Å². The van der Waals surface area contributed by atoms with Crippen LogP contribution < -0.4 is 5.32 Å². The van der Waals surface area contributed by atoms with Gasteiger partial charge in [-0.3, -0.25) is 0 Å². The minimum atomic E-state index is 0.121. The highest BCUT2D eigenvalue weighted by Gasteiger charge is 2.24. The number of hydrogen-bond acceptors (Lipinski definition) is 3. The standard InChI is InChI=1S/C13H27N3O2/c1-5-18-10-11(2)14-12-6-8-16(9-7-12)13(17)15(3)4/h11-12,14H,5-10H2,1-4H3. The number of nitrogens with one attached hydrogen (secondary N) is 1. The molecule has 5 heteroatoms. The lowest BCUT2D eigenvalue weighted by Crippen LogP contribution is -2.50. The third-order valence-corrected chi connectivity index (χ3v) is 3.24. The Morgan fingerprint density at radius 2 is 2.06 bits per heavy atom. The molecule has 0 saturated carbocycles. The number of urea groups is 1. The number of amides is 2. The molecule has 0 aromatic heterocycles. The zero-order valence-electron chi connectivity index (χ0n) is 12.1. The van der Waals surface area contributed by atoms with E-state index in [1.165, 1.54) is 0 Å². The van der Waals surface area contributed by atoms with Gasteiger partial charge in [-0.1, -0.05) is 0 Å². The SMILES string of the molecule is CCOCC(C)NC1CCN(C(=O)N(C)C)CC1. The van der Waals surface area contributed by atoms with E-state index in [-0.39, 0.29) is 6.03 Å². The second-order valence-corrected chi connectivity index (χ2v) is 5.17. The number of carbonyl (C=O) groups is 1. The number of nitrogens with zero attached hydrogens (tertiary/aromatic N) is 2. The Balaban J connectivity index is 2.25. The first-order valence-electron chi connectivity index (χ1n) is 6.84. The predicted molar refractivity (Wildman–Crippen MR) is 72.8 cm³/mol. The minimum Gasteiger partial charge on any atom is -0.380 e. The normalized spacial score (nSPS) is 18.8. The van der Waals surface area contributed by atoms with Gasteiger partial charge in [0.15, 0.2) is 0 Å². The number of piperidine rings is 1. The molecule has 0 radical (unpaired) electrons. The third-order valence-electron chi connectivity index (χ3n) is 3.24. The fourth-order valence-corrected chi connectivity index (χ4v) is 2.27. The lowest BCUT2D eigenvalue weighted by atomic mass is 10.0. The van der Waals surface area contributed by atoms with E-state index in [1.54, 1.807) is 19.0 Å². The molecule has 18 heavy (non-hydrogen) atoms. The summed E-state index contributed by atoms with van der Waals surface area (Å²) >= 11 is 0. The molecule has 5 nitrogen and oxygen atoms in total. The molecule has 0 aliphatic carbocycles. The van der Waals surface area contributed by atoms with Gasteiger partial charge in [-0.05, 0) is 26.7 Å². The van der Waals surface area contributed by atoms with Gasteiger partial charge in [0.2, 0.25) is 0 Å². The van der Waals surface area contributed by atoms with Crippen LogP contribution in [0.3, 0.4) is 0 Å². The van der Waals surface area contributed by atoms with Gasteiger partial charge in [0.25, 0.3) is 0 Å². The molecular formula is C13H27N3O2. The number of ether oxygens (including phenoxy) is 1. The van der Waals surface area contributed by atoms with Crippen LogP contribution in [0.1, 0.15) is 26.7 Å². The van der Waals surface area contributed by atoms with Crippen LogP contribution >= 0.6 is 0 Å². The first-order valence-corrected chi connectivity index (χ1v) is 6.84. The summed E-state index contributed by atoms with van der Waals surface area (Å²) in [6.45, 7) is 7.37. The van der Waals surface area contributed by atoms with E-state index in [0.717, 1.165) is 39.1 Å². The summed E-state index contributed by atoms with van der Waals surface area (Å²) in [5, 5.41) is 3.57. The van der Waals surface area contributed by atoms with E-state index in [2.05, 4.69) is 12.2 Å². The van der Waals surface area contributed by atoms with Crippen LogP contribution in [-0.4, -0.2) is 68.3 Å². The van der Waals surface area contributed by atoms with Crippen LogP contribution in [0.4, 0.5) is 4.79 Å². The lowest BCUT2D eigenvalue weighted by molar-refractivity contribution is 0.114. The Bertz CT molecular complexity index is 251. The van der Waals surface area contributed by atoms with Gasteiger partial charge in [0.1, 0.15) is 0 Å². The van der Waals surface area contributed by atoms with Crippen LogP contribution in [0, 0.1) is 0 Å². The number of likely N-dealkylation sites (tertiary alicyclic amines) is 1. The van der Waals surface area contributed by atoms with Gasteiger partial charge in [-0.25, -0.2) is 4.79 Å². The molecule has 1 heterocycles. The Morgan fingerprint density at radius 3 is 2.56 bits per heavy atom. The Morgan fingerprint density at radius 1 is 1.44 bits per heavy atom. The van der Waals surface area contributed by atoms with Crippen LogP contribution in [0.5, 0.6) is 0 Å². The maximum absolute atomic E-state index is 11.8. The molecule has 1 rings (SSSR count). The zero-order chi connectivity index (χ0) is 13.5. The zero-order valence-corrected chi connectivity index (χ0v) is 12.1. The monoisotopic (exact) mass is 257 g/mol. The van der Waals surface area contributed by atoms with Gasteiger partial charge in [0.05, 0.1) is 6.61 Å². The van der Waals surface area contributed by atoms with Crippen molar-refractivity contribution in [3.8, 4) is 0 Å². The van der Waals surface area contributed by atoms with Crippen molar-refractivity contribution in [1.82, 2.24) is 15.1 Å². The molecule has 0 spiro atoms. The first-order chi connectivity index (χ1) is 8.54. The molecule has 1 saturated heterocycles. The maximum atomic E-state index is 11.8. The number of rotatable bonds is 5. The van der Waals surface area contributed by atoms with Crippen molar-refractivity contribution in [3.05, 3.63) is 0 Å². The summed E-state index contributed by atoms with van der Waals surface area (Å²) in [6, 6.07) is 1.01. The Labute approximate surface area is 110 Å². The molecular weight excluding hydrogens is 230 g/mol. The highest BCUT2D eigenvalue weighted by molar-refractivity contribution is 5.73. The largest absolute Gasteiger partial charge is 0.380 e. The van der Waals surface area contributed by atoms with Crippen LogP contribution in [-0.2, 0) is 4.74 Å². The molecule has 0 aromatic carbocycles. The molecule has 1 aliphatic heterocycles. The molecule has 0 aromatic rings. The van der Waals surface area contributed by atoms with E-state index in [0.29, 0.717) is 12.1 Å². The smallest absolute Gasteiger partial charge is 0.319 e. The summed E-state index contributed by atoms with van der Waals surface area (Å²) in [4.78, 5) is 15.3. The molecule has 1 N–H and O–H groups in total. The van der Waals surface area contributed by atoms with Gasteiger partial charge < -0.3 is 19.9 Å². The topological polar surface area (TPSA) is 44.8 Å². The Kier molecular flexibility index (Phi) is 6.43. The van der Waals surface area contributed by atoms with Crippen LogP contribution in [0.15, 0.2) is 0 Å². The summed E-state index contributed by atoms with van der Waals surface area (Å²) in [6.07, 6.45) is 2.05. The third kappa shape index (κ3) is 4.82. The predicted octanol–water partition coefficient (Wildman–Crippen LogP) is 1.15. The van der Waals surface area contributed by atoms with E-state index in [1.807, 2.05) is 11.8 Å². The average Bonchev–Trinajstić information content (AvgIpc) is 2.36. The number of carbonyl (C=O) groups excluding carboxylic acids is 1. The summed E-state index contributed by atoms with van der Waals surface area (Å²) < 4.78 is 5.39. The highest BCUT2D eigenvalue weighted by atomic mass is 16.5.